The van der Waals surface area contributed by atoms with Gasteiger partial charge in [-0.05, 0) is 82.3 Å². The van der Waals surface area contributed by atoms with Crippen LogP contribution < -0.4 is 0 Å². The summed E-state index contributed by atoms with van der Waals surface area (Å²) in [5, 5.41) is 0. The second-order valence-corrected chi connectivity index (χ2v) is 15.5. The van der Waals surface area contributed by atoms with Gasteiger partial charge in [-0.15, -0.1) is 0 Å². The van der Waals surface area contributed by atoms with Crippen molar-refractivity contribution in [2.45, 2.75) is 112 Å². The number of hydrogen-bond donors (Lipinski definition) is 0. The van der Waals surface area contributed by atoms with E-state index in [1.54, 1.807) is 16.7 Å². The lowest BCUT2D eigenvalue weighted by atomic mass is 9.53. The number of fused-ring (bicyclic) bond motifs is 3. The summed E-state index contributed by atoms with van der Waals surface area (Å²) in [5.41, 5.74) is 5.37. The van der Waals surface area contributed by atoms with Crippen molar-refractivity contribution in [3.8, 4) is 0 Å². The molecule has 4 aliphatic carbocycles. The van der Waals surface area contributed by atoms with Gasteiger partial charge in [0.25, 0.3) is 0 Å². The molecule has 39 heavy (non-hydrogen) atoms. The predicted octanol–water partition coefficient (Wildman–Crippen LogP) is 11.3. The van der Waals surface area contributed by atoms with Gasteiger partial charge in [-0.2, -0.15) is 0 Å². The van der Waals surface area contributed by atoms with Crippen LogP contribution in [0.2, 0.25) is 0 Å². The van der Waals surface area contributed by atoms with Crippen molar-refractivity contribution in [3.63, 3.8) is 0 Å². The normalized spacial score (nSPS) is 30.5. The van der Waals surface area contributed by atoms with Crippen molar-refractivity contribution in [2.75, 3.05) is 0 Å². The zero-order chi connectivity index (χ0) is 27.8. The molecule has 212 valence electrons. The molecule has 1 aromatic rings. The van der Waals surface area contributed by atoms with Crippen LogP contribution in [0.3, 0.4) is 0 Å². The molecule has 0 amide bonds. The first kappa shape index (κ1) is 28.7. The highest BCUT2D eigenvalue weighted by atomic mass is 14.6. The molecule has 0 N–H and O–H groups in total. The van der Waals surface area contributed by atoms with Crippen LogP contribution in [0.15, 0.2) is 77.9 Å². The topological polar surface area (TPSA) is 0 Å². The van der Waals surface area contributed by atoms with E-state index >= 15 is 0 Å². The number of allylic oxidation sites excluding steroid dienone is 8. The SMILES string of the molecule is CCCCCCC(c1ccccc1)(C1CCCC1)C1C2C=C(C(C)(C)C)C=CC2C2C=CC(C(C)(C)C)=CC21. The second-order valence-electron chi connectivity index (χ2n) is 15.5. The van der Waals surface area contributed by atoms with Gasteiger partial charge in [0.05, 0.1) is 0 Å². The second kappa shape index (κ2) is 11.2. The highest BCUT2D eigenvalue weighted by Crippen LogP contribution is 2.64. The summed E-state index contributed by atoms with van der Waals surface area (Å²) in [7, 11) is 0. The van der Waals surface area contributed by atoms with Crippen molar-refractivity contribution >= 4 is 0 Å². The van der Waals surface area contributed by atoms with Gasteiger partial charge >= 0.3 is 0 Å². The summed E-state index contributed by atoms with van der Waals surface area (Å²) in [6, 6.07) is 12.0. The van der Waals surface area contributed by atoms with Crippen LogP contribution in [0, 0.1) is 46.3 Å². The van der Waals surface area contributed by atoms with Crippen molar-refractivity contribution in [3.05, 3.63) is 83.5 Å². The molecular weight excluding hydrogens is 468 g/mol. The summed E-state index contributed by atoms with van der Waals surface area (Å²) >= 11 is 0. The fourth-order valence-electron chi connectivity index (χ4n) is 9.08. The highest BCUT2D eigenvalue weighted by Gasteiger charge is 2.59. The first-order chi connectivity index (χ1) is 18.6. The van der Waals surface area contributed by atoms with Crippen LogP contribution in [0.4, 0.5) is 0 Å². The maximum atomic E-state index is 2.78. The molecule has 2 saturated carbocycles. The van der Waals surface area contributed by atoms with Crippen LogP contribution >= 0.6 is 0 Å². The molecule has 5 unspecified atom stereocenters. The van der Waals surface area contributed by atoms with Crippen molar-refractivity contribution < 1.29 is 0 Å². The van der Waals surface area contributed by atoms with E-state index in [0.717, 1.165) is 5.92 Å². The van der Waals surface area contributed by atoms with Crippen LogP contribution in [-0.2, 0) is 5.41 Å². The Morgan fingerprint density at radius 2 is 1.21 bits per heavy atom. The predicted molar refractivity (Wildman–Crippen MR) is 170 cm³/mol. The number of rotatable bonds is 8. The third kappa shape index (κ3) is 5.44. The molecule has 0 radical (unpaired) electrons. The monoisotopic (exact) mass is 524 g/mol. The Bertz CT molecular complexity index is 1040. The summed E-state index contributed by atoms with van der Waals surface area (Å²) in [6.45, 7) is 16.8. The zero-order valence-corrected chi connectivity index (χ0v) is 26.2. The van der Waals surface area contributed by atoms with Gasteiger partial charge < -0.3 is 0 Å². The molecule has 0 nitrogen and oxygen atoms in total. The van der Waals surface area contributed by atoms with Gasteiger partial charge in [0, 0.05) is 5.41 Å². The highest BCUT2D eigenvalue weighted by molar-refractivity contribution is 5.42. The van der Waals surface area contributed by atoms with Gasteiger partial charge in [-0.25, -0.2) is 0 Å². The Hall–Kier alpha value is -1.82. The van der Waals surface area contributed by atoms with Gasteiger partial charge in [-0.1, -0.05) is 154 Å². The molecule has 0 spiro atoms. The maximum absolute atomic E-state index is 2.78. The van der Waals surface area contributed by atoms with Gasteiger partial charge in [0.1, 0.15) is 0 Å². The Balaban J connectivity index is 1.72. The maximum Gasteiger partial charge on any atom is 0.00211 e. The van der Waals surface area contributed by atoms with E-state index in [2.05, 4.69) is 115 Å². The van der Waals surface area contributed by atoms with Crippen molar-refractivity contribution in [1.82, 2.24) is 0 Å². The molecule has 5 atom stereocenters. The standard InChI is InChI=1S/C39H56/c1-8-9-10-16-25-39(29-19-14-15-20-29,28-17-12-11-13-18-28)36-34-26-30(37(2,3)4)21-23-32(34)33-24-22-31(27-35(33)36)38(5,6)7/h11-13,17-18,21-24,26-27,29,32-36H,8-10,14-16,19-20,25H2,1-7H3. The molecule has 0 aromatic heterocycles. The first-order valence-corrected chi connectivity index (χ1v) is 16.4. The Morgan fingerprint density at radius 1 is 0.667 bits per heavy atom. The van der Waals surface area contributed by atoms with E-state index < -0.39 is 0 Å². The van der Waals surface area contributed by atoms with Gasteiger partial charge in [-0.3, -0.25) is 0 Å². The third-order valence-corrected chi connectivity index (χ3v) is 11.1. The minimum Gasteiger partial charge on any atom is -0.0799 e. The van der Waals surface area contributed by atoms with Gasteiger partial charge in [0.15, 0.2) is 0 Å². The van der Waals surface area contributed by atoms with Gasteiger partial charge in [0.2, 0.25) is 0 Å². The lowest BCUT2D eigenvalue weighted by molar-refractivity contribution is 0.104. The lowest BCUT2D eigenvalue weighted by Crippen LogP contribution is -2.46. The zero-order valence-electron chi connectivity index (χ0n) is 26.2. The van der Waals surface area contributed by atoms with Crippen molar-refractivity contribution in [1.29, 1.82) is 0 Å². The number of hydrogen-bond acceptors (Lipinski definition) is 0. The Morgan fingerprint density at radius 3 is 1.69 bits per heavy atom. The summed E-state index contributed by atoms with van der Waals surface area (Å²) in [6.07, 6.45) is 28.3. The number of unbranched alkanes of at least 4 members (excludes halogenated alkanes) is 3. The minimum atomic E-state index is 0.186. The molecule has 0 saturated heterocycles. The first-order valence-electron chi connectivity index (χ1n) is 16.4. The summed E-state index contributed by atoms with van der Waals surface area (Å²) < 4.78 is 0. The van der Waals surface area contributed by atoms with Crippen molar-refractivity contribution in [2.24, 2.45) is 46.3 Å². The smallest absolute Gasteiger partial charge is 0.00211 e. The van der Waals surface area contributed by atoms with E-state index in [1.165, 1.54) is 57.8 Å². The van der Waals surface area contributed by atoms with E-state index in [-0.39, 0.29) is 16.2 Å². The van der Waals surface area contributed by atoms with Crippen LogP contribution in [0.5, 0.6) is 0 Å². The number of benzene rings is 1. The average Bonchev–Trinajstić information content (AvgIpc) is 3.55. The quantitative estimate of drug-likeness (QED) is 0.297. The largest absolute Gasteiger partial charge is 0.0799 e. The van der Waals surface area contributed by atoms with E-state index in [9.17, 15) is 0 Å². The molecular formula is C39H56. The molecule has 0 aliphatic heterocycles. The van der Waals surface area contributed by atoms with E-state index in [1.807, 2.05) is 0 Å². The molecule has 4 aliphatic rings. The average molecular weight is 525 g/mol. The molecule has 0 heterocycles. The molecule has 0 heteroatoms. The molecule has 1 aromatic carbocycles. The fraction of sp³-hybridized carbons (Fsp3) is 0.641. The third-order valence-electron chi connectivity index (χ3n) is 11.1. The van der Waals surface area contributed by atoms with Crippen LogP contribution in [-0.4, -0.2) is 0 Å². The summed E-state index contributed by atoms with van der Waals surface area (Å²) in [4.78, 5) is 0. The van der Waals surface area contributed by atoms with Crippen LogP contribution in [0.25, 0.3) is 0 Å². The molecule has 2 fully saturated rings. The van der Waals surface area contributed by atoms with E-state index in [4.69, 9.17) is 0 Å². The fourth-order valence-corrected chi connectivity index (χ4v) is 9.08. The van der Waals surface area contributed by atoms with E-state index in [0.29, 0.717) is 29.6 Å². The molecule has 5 rings (SSSR count). The lowest BCUT2D eigenvalue weighted by Gasteiger charge is -2.50. The Labute approximate surface area is 241 Å². The Kier molecular flexibility index (Phi) is 8.25. The minimum absolute atomic E-state index is 0.186. The van der Waals surface area contributed by atoms with Crippen LogP contribution in [0.1, 0.15) is 112 Å². The summed E-state index contributed by atoms with van der Waals surface area (Å²) in [5.74, 6) is 3.86. The molecule has 0 bridgehead atoms.